The van der Waals surface area contributed by atoms with E-state index < -0.39 is 12.8 Å². The monoisotopic (exact) mass is 192 g/mol. The lowest BCUT2D eigenvalue weighted by Crippen LogP contribution is -2.15. The van der Waals surface area contributed by atoms with Gasteiger partial charge in [0.05, 0.1) is 17.4 Å². The van der Waals surface area contributed by atoms with Gasteiger partial charge in [-0.05, 0) is 34.6 Å². The van der Waals surface area contributed by atoms with Gasteiger partial charge in [-0.25, -0.2) is 0 Å². The molecule has 0 aromatic heterocycles. The SMILES string of the molecule is CC1OP(=O)(C(C)(C)C)OC1C. The molecule has 0 aliphatic carbocycles. The summed E-state index contributed by atoms with van der Waals surface area (Å²) >= 11 is 0. The molecule has 3 nitrogen and oxygen atoms in total. The van der Waals surface area contributed by atoms with Gasteiger partial charge in [0.25, 0.3) is 0 Å². The Morgan fingerprint density at radius 1 is 1.08 bits per heavy atom. The highest BCUT2D eigenvalue weighted by Gasteiger charge is 2.48. The summed E-state index contributed by atoms with van der Waals surface area (Å²) in [6.45, 7) is 9.39. The third-order valence-electron chi connectivity index (χ3n) is 2.09. The van der Waals surface area contributed by atoms with Gasteiger partial charge in [-0.2, -0.15) is 0 Å². The van der Waals surface area contributed by atoms with Crippen LogP contribution in [0.1, 0.15) is 34.6 Å². The van der Waals surface area contributed by atoms with E-state index in [0.717, 1.165) is 0 Å². The highest BCUT2D eigenvalue weighted by Crippen LogP contribution is 2.65. The maximum absolute atomic E-state index is 12.0. The fourth-order valence-electron chi connectivity index (χ4n) is 0.950. The summed E-state index contributed by atoms with van der Waals surface area (Å²) in [7, 11) is -2.87. The lowest BCUT2D eigenvalue weighted by Gasteiger charge is -2.24. The van der Waals surface area contributed by atoms with Gasteiger partial charge in [0.1, 0.15) is 0 Å². The van der Waals surface area contributed by atoms with E-state index in [-0.39, 0.29) is 12.2 Å². The van der Waals surface area contributed by atoms with Gasteiger partial charge in [0.15, 0.2) is 0 Å². The molecule has 12 heavy (non-hydrogen) atoms. The molecular formula is C8H17O3P. The molecule has 0 aromatic carbocycles. The smallest absolute Gasteiger partial charge is 0.302 e. The van der Waals surface area contributed by atoms with Crippen molar-refractivity contribution in [3.63, 3.8) is 0 Å². The quantitative estimate of drug-likeness (QED) is 0.553. The third-order valence-corrected chi connectivity index (χ3v) is 4.96. The summed E-state index contributed by atoms with van der Waals surface area (Å²) in [5, 5.41) is -0.411. The minimum Gasteiger partial charge on any atom is -0.302 e. The summed E-state index contributed by atoms with van der Waals surface area (Å²) in [6, 6.07) is 0. The third kappa shape index (κ3) is 1.59. The van der Waals surface area contributed by atoms with Crippen LogP contribution in [-0.4, -0.2) is 17.4 Å². The van der Waals surface area contributed by atoms with Crippen LogP contribution >= 0.6 is 7.60 Å². The molecule has 0 amide bonds. The van der Waals surface area contributed by atoms with Gasteiger partial charge < -0.3 is 9.05 Å². The maximum Gasteiger partial charge on any atom is 0.336 e. The van der Waals surface area contributed by atoms with Crippen molar-refractivity contribution in [3.05, 3.63) is 0 Å². The lowest BCUT2D eigenvalue weighted by molar-refractivity contribution is 0.187. The zero-order valence-corrected chi connectivity index (χ0v) is 9.22. The van der Waals surface area contributed by atoms with Crippen molar-refractivity contribution in [2.24, 2.45) is 0 Å². The van der Waals surface area contributed by atoms with Gasteiger partial charge >= 0.3 is 7.60 Å². The van der Waals surface area contributed by atoms with Crippen LogP contribution in [0.4, 0.5) is 0 Å². The van der Waals surface area contributed by atoms with Crippen LogP contribution < -0.4 is 0 Å². The van der Waals surface area contributed by atoms with Crippen LogP contribution in [0.5, 0.6) is 0 Å². The molecule has 4 heteroatoms. The Morgan fingerprint density at radius 3 is 1.58 bits per heavy atom. The standard InChI is InChI=1S/C8H17O3P/c1-6-7(2)11-12(9,10-6)8(3,4)5/h6-7H,1-5H3. The average molecular weight is 192 g/mol. The van der Waals surface area contributed by atoms with Crippen molar-refractivity contribution in [1.82, 2.24) is 0 Å². The maximum atomic E-state index is 12.0. The second-order valence-corrected chi connectivity index (χ2v) is 7.05. The van der Waals surface area contributed by atoms with Gasteiger partial charge in [-0.3, -0.25) is 4.57 Å². The Morgan fingerprint density at radius 2 is 1.42 bits per heavy atom. The fraction of sp³-hybridized carbons (Fsp3) is 1.00. The molecule has 1 aliphatic rings. The van der Waals surface area contributed by atoms with E-state index >= 15 is 0 Å². The van der Waals surface area contributed by atoms with Crippen molar-refractivity contribution in [1.29, 1.82) is 0 Å². The van der Waals surface area contributed by atoms with Crippen molar-refractivity contribution in [2.45, 2.75) is 52.0 Å². The highest BCUT2D eigenvalue weighted by atomic mass is 31.2. The Bertz CT molecular complexity index is 205. The molecule has 0 aromatic rings. The Labute approximate surface area is 74.0 Å². The Hall–Kier alpha value is 0.150. The summed E-state index contributed by atoms with van der Waals surface area (Å²) < 4.78 is 22.7. The van der Waals surface area contributed by atoms with Gasteiger partial charge in [-0.1, -0.05) is 0 Å². The molecular weight excluding hydrogens is 175 g/mol. The molecule has 0 bridgehead atoms. The first-order valence-electron chi connectivity index (χ1n) is 4.23. The van der Waals surface area contributed by atoms with E-state index in [1.54, 1.807) is 0 Å². The lowest BCUT2D eigenvalue weighted by atomic mass is 10.3. The first-order chi connectivity index (χ1) is 5.26. The molecule has 2 unspecified atom stereocenters. The van der Waals surface area contributed by atoms with E-state index in [1.807, 2.05) is 34.6 Å². The number of hydrogen-bond acceptors (Lipinski definition) is 3. The predicted octanol–water partition coefficient (Wildman–Crippen LogP) is 2.80. The van der Waals surface area contributed by atoms with Gasteiger partial charge in [-0.15, -0.1) is 0 Å². The largest absolute Gasteiger partial charge is 0.336 e. The summed E-state index contributed by atoms with van der Waals surface area (Å²) in [4.78, 5) is 0. The molecule has 72 valence electrons. The minimum atomic E-state index is -2.87. The zero-order valence-electron chi connectivity index (χ0n) is 8.33. The number of rotatable bonds is 0. The van der Waals surface area contributed by atoms with Crippen LogP contribution in [0.2, 0.25) is 0 Å². The van der Waals surface area contributed by atoms with Crippen LogP contribution in [-0.2, 0) is 13.6 Å². The zero-order chi connectivity index (χ0) is 9.57. The first-order valence-corrected chi connectivity index (χ1v) is 5.77. The first kappa shape index (κ1) is 10.2. The van der Waals surface area contributed by atoms with Gasteiger partial charge in [0.2, 0.25) is 0 Å². The number of hydrogen-bond donors (Lipinski definition) is 0. The van der Waals surface area contributed by atoms with Crippen LogP contribution in [0.15, 0.2) is 0 Å². The Kier molecular flexibility index (Phi) is 2.41. The minimum absolute atomic E-state index is 0.0601. The van der Waals surface area contributed by atoms with Crippen molar-refractivity contribution >= 4 is 7.60 Å². The highest BCUT2D eigenvalue weighted by molar-refractivity contribution is 7.55. The second kappa shape index (κ2) is 2.83. The van der Waals surface area contributed by atoms with Crippen LogP contribution in [0.3, 0.4) is 0 Å². The average Bonchev–Trinajstić information content (AvgIpc) is 2.06. The van der Waals surface area contributed by atoms with E-state index in [0.29, 0.717) is 0 Å². The van der Waals surface area contributed by atoms with Crippen molar-refractivity contribution in [2.75, 3.05) is 0 Å². The van der Waals surface area contributed by atoms with E-state index in [4.69, 9.17) is 9.05 Å². The van der Waals surface area contributed by atoms with Gasteiger partial charge in [0, 0.05) is 0 Å². The van der Waals surface area contributed by atoms with Crippen LogP contribution in [0, 0.1) is 0 Å². The molecule has 1 fully saturated rings. The summed E-state index contributed by atoms with van der Waals surface area (Å²) in [5.74, 6) is 0. The summed E-state index contributed by atoms with van der Waals surface area (Å²) in [5.41, 5.74) is 0. The van der Waals surface area contributed by atoms with E-state index in [1.165, 1.54) is 0 Å². The normalized spacial score (nSPS) is 43.4. The topological polar surface area (TPSA) is 35.5 Å². The second-order valence-electron chi connectivity index (χ2n) is 4.29. The van der Waals surface area contributed by atoms with Crippen molar-refractivity contribution < 1.29 is 13.6 Å². The molecule has 1 aliphatic heterocycles. The van der Waals surface area contributed by atoms with E-state index in [9.17, 15) is 4.57 Å². The molecule has 1 rings (SSSR count). The Balaban J connectivity index is 2.85. The molecule has 0 saturated carbocycles. The molecule has 2 atom stereocenters. The van der Waals surface area contributed by atoms with Crippen LogP contribution in [0.25, 0.3) is 0 Å². The van der Waals surface area contributed by atoms with Crippen molar-refractivity contribution in [3.8, 4) is 0 Å². The molecule has 0 N–H and O–H groups in total. The molecule has 0 spiro atoms. The molecule has 1 heterocycles. The summed E-state index contributed by atoms with van der Waals surface area (Å²) in [6.07, 6.45) is -0.120. The molecule has 1 saturated heterocycles. The predicted molar refractivity (Wildman–Crippen MR) is 48.5 cm³/mol. The fourth-order valence-corrected chi connectivity index (χ4v) is 2.85. The molecule has 0 radical (unpaired) electrons. The van der Waals surface area contributed by atoms with E-state index in [2.05, 4.69) is 0 Å².